The van der Waals surface area contributed by atoms with E-state index in [1.807, 2.05) is 12.1 Å². The van der Waals surface area contributed by atoms with Crippen LogP contribution in [-0.2, 0) is 26.1 Å². The summed E-state index contributed by atoms with van der Waals surface area (Å²) in [4.78, 5) is 24.3. The molecule has 46 heavy (non-hydrogen) atoms. The molecule has 0 unspecified atom stereocenters. The van der Waals surface area contributed by atoms with Crippen molar-refractivity contribution >= 4 is 27.6 Å². The largest absolute Gasteiger partial charge is 1.00 e. The van der Waals surface area contributed by atoms with Crippen molar-refractivity contribution in [3.05, 3.63) is 88.2 Å². The second-order valence-electron chi connectivity index (χ2n) is 10.7. The molecule has 2 saturated heterocycles. The van der Waals surface area contributed by atoms with Crippen LogP contribution in [0.3, 0.4) is 0 Å². The fraction of sp³-hybridized carbons (Fsp3) is 0.333. The molecule has 2 aliphatic rings. The molecule has 0 bridgehead atoms. The monoisotopic (exact) mass is 676 g/mol. The van der Waals surface area contributed by atoms with Gasteiger partial charge in [-0.1, -0.05) is 24.3 Å². The van der Waals surface area contributed by atoms with Gasteiger partial charge in [-0.15, -0.1) is 0 Å². The van der Waals surface area contributed by atoms with E-state index in [0.717, 1.165) is 35.4 Å². The third-order valence-corrected chi connectivity index (χ3v) is 9.95. The van der Waals surface area contributed by atoms with E-state index >= 15 is 0 Å². The third-order valence-electron chi connectivity index (χ3n) is 8.02. The number of carbonyl (C=O) groups is 2. The number of aromatic carboxylic acids is 1. The van der Waals surface area contributed by atoms with Crippen LogP contribution in [-0.4, -0.2) is 55.5 Å². The van der Waals surface area contributed by atoms with Gasteiger partial charge in [-0.05, 0) is 54.9 Å². The standard InChI is InChI=1S/C30H27F5N2O7S.Na/c31-23-24(32)26(34)28(27(35)25(23)33)45(42,43)37-11-1-2-21(37)29(39)36(19-7-8-20(30(40)41)22(38)14-19)15-16-3-5-17(6-4-16)18-9-12-44-13-10-18;/h3-8,14,18,21,38H,1-2,9-13,15H2,(H,40,41);/q;+1/p-1/t21-;/m1./s1. The summed E-state index contributed by atoms with van der Waals surface area (Å²) < 4.78 is 103. The number of hydrogen-bond acceptors (Lipinski definition) is 7. The van der Waals surface area contributed by atoms with Gasteiger partial charge in [0.25, 0.3) is 0 Å². The summed E-state index contributed by atoms with van der Waals surface area (Å²) in [5.74, 6) is -15.7. The summed E-state index contributed by atoms with van der Waals surface area (Å²) in [6.45, 7) is 0.544. The molecule has 16 heteroatoms. The van der Waals surface area contributed by atoms with Crippen molar-refractivity contribution < 1.29 is 84.5 Å². The summed E-state index contributed by atoms with van der Waals surface area (Å²) in [6, 6.07) is 8.66. The maximum Gasteiger partial charge on any atom is 1.00 e. The van der Waals surface area contributed by atoms with Gasteiger partial charge in [0.05, 0.1) is 12.5 Å². The zero-order valence-electron chi connectivity index (χ0n) is 24.4. The van der Waals surface area contributed by atoms with Gasteiger partial charge in [0.2, 0.25) is 21.7 Å². The Morgan fingerprint density at radius 3 is 2.07 bits per heavy atom. The van der Waals surface area contributed by atoms with Crippen molar-refractivity contribution in [2.45, 2.75) is 49.1 Å². The molecule has 2 fully saturated rings. The van der Waals surface area contributed by atoms with Gasteiger partial charge in [0, 0.05) is 37.1 Å². The Bertz CT molecular complexity index is 1730. The number of halogens is 5. The SMILES string of the molecule is O=C([O-])c1ccc(N(Cc2ccc(C3CCOCC3)cc2)C(=O)[C@H]2CCCN2S(=O)(=O)c2c(F)c(F)c(F)c(F)c2F)cc1O.[Na+]. The molecule has 9 nitrogen and oxygen atoms in total. The number of rotatable bonds is 8. The number of hydrogen-bond donors (Lipinski definition) is 1. The number of anilines is 1. The van der Waals surface area contributed by atoms with Gasteiger partial charge >= 0.3 is 29.6 Å². The molecule has 2 heterocycles. The molecule has 0 radical (unpaired) electrons. The molecule has 1 N–H and O–H groups in total. The Hall–Kier alpha value is -3.08. The Kier molecular flexibility index (Phi) is 11.2. The number of carboxylic acids is 1. The maximum absolute atomic E-state index is 14.6. The Morgan fingerprint density at radius 2 is 1.50 bits per heavy atom. The Balaban J connectivity index is 0.00000480. The number of ether oxygens (including phenoxy) is 1. The number of sulfonamides is 1. The van der Waals surface area contributed by atoms with E-state index < -0.39 is 79.8 Å². The van der Waals surface area contributed by atoms with Gasteiger partial charge in [0.15, 0.2) is 28.2 Å². The first kappa shape index (κ1) is 35.8. The van der Waals surface area contributed by atoms with Gasteiger partial charge < -0.3 is 24.6 Å². The normalized spacial score (nSPS) is 17.5. The number of amides is 1. The summed E-state index contributed by atoms with van der Waals surface area (Å²) in [6.07, 6.45) is 1.48. The smallest absolute Gasteiger partial charge is 0.545 e. The molecule has 1 amide bonds. The molecule has 1 atom stereocenters. The summed E-state index contributed by atoms with van der Waals surface area (Å²) in [5, 5.41) is 21.6. The maximum atomic E-state index is 14.6. The number of benzene rings is 3. The zero-order chi connectivity index (χ0) is 32.6. The summed E-state index contributed by atoms with van der Waals surface area (Å²) in [7, 11) is -5.45. The molecule has 0 aliphatic carbocycles. The van der Waals surface area contributed by atoms with E-state index in [2.05, 4.69) is 0 Å². The summed E-state index contributed by atoms with van der Waals surface area (Å²) >= 11 is 0. The van der Waals surface area contributed by atoms with Crippen molar-refractivity contribution in [2.75, 3.05) is 24.7 Å². The predicted molar refractivity (Wildman–Crippen MR) is 146 cm³/mol. The topological polar surface area (TPSA) is 127 Å². The quantitative estimate of drug-likeness (QED) is 0.162. The minimum Gasteiger partial charge on any atom is -0.545 e. The Morgan fingerprint density at radius 1 is 0.913 bits per heavy atom. The van der Waals surface area contributed by atoms with Crippen molar-refractivity contribution in [1.82, 2.24) is 4.31 Å². The van der Waals surface area contributed by atoms with Crippen LogP contribution in [0.25, 0.3) is 0 Å². The van der Waals surface area contributed by atoms with Gasteiger partial charge in [-0.2, -0.15) is 4.31 Å². The first-order valence-electron chi connectivity index (χ1n) is 13.9. The minimum absolute atomic E-state index is 0. The molecule has 0 saturated carbocycles. The van der Waals surface area contributed by atoms with Gasteiger partial charge in [0.1, 0.15) is 11.8 Å². The molecule has 0 aromatic heterocycles. The predicted octanol–water partition coefficient (Wildman–Crippen LogP) is 0.736. The summed E-state index contributed by atoms with van der Waals surface area (Å²) in [5.41, 5.74) is 0.946. The van der Waals surface area contributed by atoms with E-state index in [9.17, 15) is 50.2 Å². The van der Waals surface area contributed by atoms with Crippen LogP contribution in [0.1, 0.15) is 53.1 Å². The first-order chi connectivity index (χ1) is 21.3. The van der Waals surface area contributed by atoms with Crippen molar-refractivity contribution in [3.8, 4) is 5.75 Å². The van der Waals surface area contributed by atoms with Gasteiger partial charge in [-0.3, -0.25) is 4.79 Å². The molecule has 0 spiro atoms. The molecule has 240 valence electrons. The van der Waals surface area contributed by atoms with E-state index in [1.54, 1.807) is 12.1 Å². The molecule has 3 aromatic carbocycles. The van der Waals surface area contributed by atoms with Crippen LogP contribution >= 0.6 is 0 Å². The molecule has 3 aromatic rings. The molecule has 2 aliphatic heterocycles. The van der Waals surface area contributed by atoms with Crippen LogP contribution in [0.5, 0.6) is 5.75 Å². The second kappa shape index (κ2) is 14.4. The van der Waals surface area contributed by atoms with Gasteiger partial charge in [-0.25, -0.2) is 30.4 Å². The third kappa shape index (κ3) is 6.80. The van der Waals surface area contributed by atoms with Crippen LogP contribution in [0.4, 0.5) is 27.6 Å². The molecular formula is C30H26F5N2NaO7S. The number of phenols is 1. The average Bonchev–Trinajstić information content (AvgIpc) is 3.53. The molecule has 5 rings (SSSR count). The van der Waals surface area contributed by atoms with Crippen LogP contribution in [0.15, 0.2) is 47.4 Å². The van der Waals surface area contributed by atoms with Crippen molar-refractivity contribution in [3.63, 3.8) is 0 Å². The number of carbonyl (C=O) groups excluding carboxylic acids is 2. The van der Waals surface area contributed by atoms with Crippen LogP contribution in [0, 0.1) is 29.1 Å². The van der Waals surface area contributed by atoms with Crippen molar-refractivity contribution in [1.29, 1.82) is 0 Å². The number of carboxylic acid groups (broad SMARTS) is 1. The zero-order valence-corrected chi connectivity index (χ0v) is 27.3. The molecular weight excluding hydrogens is 650 g/mol. The number of nitrogens with zero attached hydrogens (tertiary/aromatic N) is 2. The fourth-order valence-corrected chi connectivity index (χ4v) is 7.42. The van der Waals surface area contributed by atoms with E-state index in [0.29, 0.717) is 23.1 Å². The van der Waals surface area contributed by atoms with Crippen LogP contribution < -0.4 is 39.6 Å². The van der Waals surface area contributed by atoms with E-state index in [1.165, 1.54) is 6.07 Å². The second-order valence-corrected chi connectivity index (χ2v) is 12.5. The van der Waals surface area contributed by atoms with E-state index in [-0.39, 0.29) is 60.5 Å². The average molecular weight is 677 g/mol. The Labute approximate surface area is 282 Å². The minimum atomic E-state index is -5.45. The van der Waals surface area contributed by atoms with E-state index in [4.69, 9.17) is 4.74 Å². The van der Waals surface area contributed by atoms with Crippen molar-refractivity contribution in [2.24, 2.45) is 0 Å². The number of aromatic hydroxyl groups is 1. The first-order valence-corrected chi connectivity index (χ1v) is 15.3. The van der Waals surface area contributed by atoms with Crippen LogP contribution in [0.2, 0.25) is 0 Å². The fourth-order valence-electron chi connectivity index (χ4n) is 5.65.